The molecular formula is C11H12N2O2S. The van der Waals surface area contributed by atoms with Gasteiger partial charge in [-0.3, -0.25) is 15.1 Å². The van der Waals surface area contributed by atoms with E-state index in [2.05, 4.69) is 17.3 Å². The Bertz CT molecular complexity index is 446. The van der Waals surface area contributed by atoms with Crippen molar-refractivity contribution in [3.05, 3.63) is 45.3 Å². The standard InChI is InChI=1S/C11H12N2O2S/c1-16-11-4-2-3-8-9(11)5-6-12-10(8)7-13(14)15/h2-3,5-6,11H,4,7H2,1H3. The molecule has 1 aromatic rings. The summed E-state index contributed by atoms with van der Waals surface area (Å²) in [6.07, 6.45) is 8.72. The third kappa shape index (κ3) is 2.09. The van der Waals surface area contributed by atoms with Crippen molar-refractivity contribution in [3.63, 3.8) is 0 Å². The second-order valence-electron chi connectivity index (χ2n) is 3.61. The Morgan fingerprint density at radius 2 is 2.50 bits per heavy atom. The van der Waals surface area contributed by atoms with Crippen molar-refractivity contribution in [2.45, 2.75) is 18.2 Å². The summed E-state index contributed by atoms with van der Waals surface area (Å²) in [7, 11) is 0. The molecule has 0 aliphatic heterocycles. The number of nitrogens with zero attached hydrogens (tertiary/aromatic N) is 2. The lowest BCUT2D eigenvalue weighted by Gasteiger charge is -2.20. The number of thioether (sulfide) groups is 1. The summed E-state index contributed by atoms with van der Waals surface area (Å²) in [5.74, 6) is 0. The maximum Gasteiger partial charge on any atom is 0.246 e. The third-order valence-electron chi connectivity index (χ3n) is 2.65. The topological polar surface area (TPSA) is 56.0 Å². The van der Waals surface area contributed by atoms with E-state index in [1.807, 2.05) is 12.1 Å². The van der Waals surface area contributed by atoms with Gasteiger partial charge in [0.1, 0.15) is 5.69 Å². The lowest BCUT2D eigenvalue weighted by atomic mass is 9.96. The van der Waals surface area contributed by atoms with Crippen LogP contribution in [0.2, 0.25) is 0 Å². The molecule has 0 amide bonds. The molecule has 1 aliphatic rings. The molecule has 1 atom stereocenters. The quantitative estimate of drug-likeness (QED) is 0.598. The van der Waals surface area contributed by atoms with Gasteiger partial charge in [-0.25, -0.2) is 0 Å². The van der Waals surface area contributed by atoms with Gasteiger partial charge in [-0.15, -0.1) is 0 Å². The van der Waals surface area contributed by atoms with Crippen LogP contribution < -0.4 is 0 Å². The van der Waals surface area contributed by atoms with E-state index in [1.165, 1.54) is 5.56 Å². The van der Waals surface area contributed by atoms with E-state index < -0.39 is 0 Å². The Hall–Kier alpha value is -1.36. The van der Waals surface area contributed by atoms with E-state index in [4.69, 9.17) is 0 Å². The van der Waals surface area contributed by atoms with Crippen molar-refractivity contribution in [1.82, 2.24) is 4.98 Å². The SMILES string of the molecule is CSC1CC=Cc2c1ccnc2C[N+](=O)[O-]. The van der Waals surface area contributed by atoms with Crippen molar-refractivity contribution in [1.29, 1.82) is 0 Å². The van der Waals surface area contributed by atoms with Gasteiger partial charge in [0.15, 0.2) is 0 Å². The Balaban J connectivity index is 2.43. The molecule has 5 heteroatoms. The van der Waals surface area contributed by atoms with Crippen LogP contribution in [0.3, 0.4) is 0 Å². The summed E-state index contributed by atoms with van der Waals surface area (Å²) < 4.78 is 0. The first-order chi connectivity index (χ1) is 7.72. The Labute approximate surface area is 97.9 Å². The monoisotopic (exact) mass is 236 g/mol. The normalized spacial score (nSPS) is 18.2. The predicted octanol–water partition coefficient (Wildman–Crippen LogP) is 2.68. The van der Waals surface area contributed by atoms with Gasteiger partial charge in [-0.1, -0.05) is 12.2 Å². The fourth-order valence-corrected chi connectivity index (χ4v) is 2.68. The van der Waals surface area contributed by atoms with Crippen LogP contribution in [0.15, 0.2) is 18.3 Å². The molecular weight excluding hydrogens is 224 g/mol. The molecule has 4 nitrogen and oxygen atoms in total. The summed E-state index contributed by atoms with van der Waals surface area (Å²) in [6.45, 7) is -0.200. The summed E-state index contributed by atoms with van der Waals surface area (Å²) in [5, 5.41) is 10.9. The average Bonchev–Trinajstić information content (AvgIpc) is 2.28. The number of hydrogen-bond donors (Lipinski definition) is 0. The molecule has 0 fully saturated rings. The summed E-state index contributed by atoms with van der Waals surface area (Å²) in [5.41, 5.74) is 2.67. The second-order valence-corrected chi connectivity index (χ2v) is 4.65. The fraction of sp³-hybridized carbons (Fsp3) is 0.364. The van der Waals surface area contributed by atoms with Crippen molar-refractivity contribution in [2.75, 3.05) is 6.26 Å². The second kappa shape index (κ2) is 4.65. The van der Waals surface area contributed by atoms with Crippen LogP contribution in [-0.2, 0) is 6.54 Å². The summed E-state index contributed by atoms with van der Waals surface area (Å²) in [4.78, 5) is 14.3. The first kappa shape index (κ1) is 11.1. The maximum absolute atomic E-state index is 10.5. The number of rotatable bonds is 3. The first-order valence-corrected chi connectivity index (χ1v) is 6.30. The highest BCUT2D eigenvalue weighted by Gasteiger charge is 2.20. The number of nitro groups is 1. The highest BCUT2D eigenvalue weighted by Crippen LogP contribution is 2.37. The number of pyridine rings is 1. The molecule has 84 valence electrons. The van der Waals surface area contributed by atoms with E-state index in [1.54, 1.807) is 18.0 Å². The predicted molar refractivity (Wildman–Crippen MR) is 64.8 cm³/mol. The molecule has 0 radical (unpaired) electrons. The van der Waals surface area contributed by atoms with Crippen LogP contribution in [0.25, 0.3) is 6.08 Å². The number of allylic oxidation sites excluding steroid dienone is 1. The number of fused-ring (bicyclic) bond motifs is 1. The lowest BCUT2D eigenvalue weighted by Crippen LogP contribution is -2.08. The minimum absolute atomic E-state index is 0.200. The summed E-state index contributed by atoms with van der Waals surface area (Å²) in [6, 6.07) is 1.96. The average molecular weight is 236 g/mol. The third-order valence-corrected chi connectivity index (χ3v) is 3.67. The van der Waals surface area contributed by atoms with E-state index in [0.717, 1.165) is 12.0 Å². The van der Waals surface area contributed by atoms with Crippen molar-refractivity contribution >= 4 is 17.8 Å². The number of aromatic nitrogens is 1. The molecule has 16 heavy (non-hydrogen) atoms. The molecule has 1 unspecified atom stereocenters. The van der Waals surface area contributed by atoms with E-state index >= 15 is 0 Å². The van der Waals surface area contributed by atoms with Crippen molar-refractivity contribution in [3.8, 4) is 0 Å². The molecule has 1 aromatic heterocycles. The van der Waals surface area contributed by atoms with Gasteiger partial charge in [0.05, 0.1) is 0 Å². The highest BCUT2D eigenvalue weighted by molar-refractivity contribution is 7.98. The van der Waals surface area contributed by atoms with Gasteiger partial charge in [0.25, 0.3) is 0 Å². The summed E-state index contributed by atoms with van der Waals surface area (Å²) >= 11 is 1.77. The van der Waals surface area contributed by atoms with Crippen LogP contribution >= 0.6 is 11.8 Å². The van der Waals surface area contributed by atoms with Crippen LogP contribution in [0.4, 0.5) is 0 Å². The Morgan fingerprint density at radius 1 is 1.69 bits per heavy atom. The van der Waals surface area contributed by atoms with Crippen molar-refractivity contribution in [2.24, 2.45) is 0 Å². The molecule has 0 aromatic carbocycles. The molecule has 0 N–H and O–H groups in total. The van der Waals surface area contributed by atoms with Crippen LogP contribution in [0.5, 0.6) is 0 Å². The van der Waals surface area contributed by atoms with Crippen molar-refractivity contribution < 1.29 is 4.92 Å². The van der Waals surface area contributed by atoms with Crippen LogP contribution in [0, 0.1) is 10.1 Å². The zero-order valence-corrected chi connectivity index (χ0v) is 9.74. The largest absolute Gasteiger partial charge is 0.264 e. The van der Waals surface area contributed by atoms with E-state index in [9.17, 15) is 10.1 Å². The zero-order chi connectivity index (χ0) is 11.5. The molecule has 2 rings (SSSR count). The molecule has 0 saturated heterocycles. The van der Waals surface area contributed by atoms with Gasteiger partial charge < -0.3 is 0 Å². The van der Waals surface area contributed by atoms with E-state index in [-0.39, 0.29) is 11.5 Å². The minimum Gasteiger partial charge on any atom is -0.264 e. The fourth-order valence-electron chi connectivity index (χ4n) is 1.91. The molecule has 0 bridgehead atoms. The molecule has 0 spiro atoms. The van der Waals surface area contributed by atoms with Gasteiger partial charge in [-0.05, 0) is 24.3 Å². The van der Waals surface area contributed by atoms with Crippen LogP contribution in [-0.4, -0.2) is 16.2 Å². The van der Waals surface area contributed by atoms with Gasteiger partial charge in [-0.2, -0.15) is 11.8 Å². The smallest absolute Gasteiger partial charge is 0.246 e. The Morgan fingerprint density at radius 3 is 3.19 bits per heavy atom. The zero-order valence-electron chi connectivity index (χ0n) is 8.92. The highest BCUT2D eigenvalue weighted by atomic mass is 32.2. The lowest BCUT2D eigenvalue weighted by molar-refractivity contribution is -0.497. The van der Waals surface area contributed by atoms with E-state index in [0.29, 0.717) is 10.9 Å². The Kier molecular flexibility index (Phi) is 3.24. The number of hydrogen-bond acceptors (Lipinski definition) is 4. The minimum atomic E-state index is -0.334. The van der Waals surface area contributed by atoms with Gasteiger partial charge >= 0.3 is 0 Å². The van der Waals surface area contributed by atoms with Gasteiger partial charge in [0, 0.05) is 21.9 Å². The molecule has 1 aliphatic carbocycles. The molecule has 0 saturated carbocycles. The first-order valence-electron chi connectivity index (χ1n) is 5.01. The van der Waals surface area contributed by atoms with Gasteiger partial charge in [0.2, 0.25) is 6.54 Å². The maximum atomic E-state index is 10.5. The molecule has 1 heterocycles. The van der Waals surface area contributed by atoms with Crippen LogP contribution in [0.1, 0.15) is 28.5 Å².